The molecule has 0 aromatic carbocycles. The number of hydrogen-bond donors (Lipinski definition) is 1. The number of esters is 1. The van der Waals surface area contributed by atoms with Gasteiger partial charge in [0, 0.05) is 31.2 Å². The summed E-state index contributed by atoms with van der Waals surface area (Å²) < 4.78 is 4.53. The third kappa shape index (κ3) is 4.90. The van der Waals surface area contributed by atoms with Gasteiger partial charge in [-0.25, -0.2) is 0 Å². The second-order valence-electron chi connectivity index (χ2n) is 7.83. The molecule has 1 aliphatic heterocycles. The van der Waals surface area contributed by atoms with Gasteiger partial charge in [-0.15, -0.1) is 0 Å². The van der Waals surface area contributed by atoms with E-state index in [9.17, 15) is 24.3 Å². The lowest BCUT2D eigenvalue weighted by atomic mass is 9.71. The van der Waals surface area contributed by atoms with Gasteiger partial charge < -0.3 is 9.84 Å². The number of ketones is 1. The topological polar surface area (TPSA) is 101 Å². The molecule has 7 nitrogen and oxygen atoms in total. The number of carbonyl (C=O) groups excluding carboxylic acids is 4. The van der Waals surface area contributed by atoms with Crippen molar-refractivity contribution in [2.75, 3.05) is 13.7 Å². The van der Waals surface area contributed by atoms with Crippen LogP contribution in [-0.4, -0.2) is 53.3 Å². The maximum absolute atomic E-state index is 12.4. The number of aliphatic hydroxyl groups is 1. The fraction of sp³-hybridized carbons (Fsp3) is 0.789. The summed E-state index contributed by atoms with van der Waals surface area (Å²) in [6.07, 6.45) is 1.24. The monoisotopic (exact) mass is 367 g/mol. The number of nitrogens with zero attached hydrogens (tertiary/aromatic N) is 1. The number of carbonyl (C=O) groups is 4. The molecule has 2 fully saturated rings. The van der Waals surface area contributed by atoms with Gasteiger partial charge in [-0.1, -0.05) is 13.8 Å². The van der Waals surface area contributed by atoms with Crippen LogP contribution in [0.3, 0.4) is 0 Å². The third-order valence-corrected chi connectivity index (χ3v) is 5.60. The summed E-state index contributed by atoms with van der Waals surface area (Å²) in [5, 5.41) is 10.6. The Labute approximate surface area is 154 Å². The predicted molar refractivity (Wildman–Crippen MR) is 92.8 cm³/mol. The lowest BCUT2D eigenvalue weighted by Crippen LogP contribution is -2.46. The van der Waals surface area contributed by atoms with Crippen molar-refractivity contribution >= 4 is 23.6 Å². The Kier molecular flexibility index (Phi) is 6.92. The number of hydrogen-bond acceptors (Lipinski definition) is 6. The normalized spacial score (nSPS) is 29.0. The first-order valence-corrected chi connectivity index (χ1v) is 9.34. The van der Waals surface area contributed by atoms with Gasteiger partial charge in [-0.05, 0) is 31.1 Å². The van der Waals surface area contributed by atoms with Gasteiger partial charge >= 0.3 is 5.97 Å². The highest BCUT2D eigenvalue weighted by atomic mass is 16.5. The van der Waals surface area contributed by atoms with Crippen molar-refractivity contribution in [3.8, 4) is 0 Å². The predicted octanol–water partition coefficient (Wildman–Crippen LogP) is 1.32. The number of likely N-dealkylation sites (tertiary alicyclic amines) is 1. The van der Waals surface area contributed by atoms with Crippen LogP contribution in [0.4, 0.5) is 0 Å². The summed E-state index contributed by atoms with van der Waals surface area (Å²) in [5.41, 5.74) is 0. The molecular formula is C19H29NO6. The molecule has 0 spiro atoms. The quantitative estimate of drug-likeness (QED) is 0.561. The minimum atomic E-state index is -0.820. The molecular weight excluding hydrogens is 338 g/mol. The van der Waals surface area contributed by atoms with E-state index in [0.29, 0.717) is 12.3 Å². The van der Waals surface area contributed by atoms with E-state index in [2.05, 4.69) is 11.7 Å². The Morgan fingerprint density at radius 1 is 1.19 bits per heavy atom. The van der Waals surface area contributed by atoms with E-state index in [4.69, 9.17) is 0 Å². The summed E-state index contributed by atoms with van der Waals surface area (Å²) in [6.45, 7) is 4.00. The SMILES string of the molecule is COC(=O)CCN1C(=O)CC(C[C@@H](O)C2C[C@@H](C)C[C@H](C)C2=O)CC1=O. The van der Waals surface area contributed by atoms with Crippen molar-refractivity contribution in [1.29, 1.82) is 0 Å². The number of amides is 2. The van der Waals surface area contributed by atoms with E-state index in [1.165, 1.54) is 7.11 Å². The zero-order valence-electron chi connectivity index (χ0n) is 15.8. The summed E-state index contributed by atoms with van der Waals surface area (Å²) in [4.78, 5) is 49.2. The fourth-order valence-corrected chi connectivity index (χ4v) is 4.23. The Balaban J connectivity index is 1.91. The molecule has 0 bridgehead atoms. The molecule has 2 amide bonds. The van der Waals surface area contributed by atoms with E-state index in [1.54, 1.807) is 0 Å². The number of aliphatic hydroxyl groups excluding tert-OH is 1. The number of rotatable bonds is 6. The first-order chi connectivity index (χ1) is 12.2. The molecule has 1 saturated heterocycles. The molecule has 1 aliphatic carbocycles. The number of imide groups is 1. The molecule has 2 rings (SSSR count). The Morgan fingerprint density at radius 2 is 1.81 bits per heavy atom. The van der Waals surface area contributed by atoms with Crippen molar-refractivity contribution in [3.05, 3.63) is 0 Å². The van der Waals surface area contributed by atoms with Crippen molar-refractivity contribution < 1.29 is 29.0 Å². The molecule has 1 saturated carbocycles. The minimum absolute atomic E-state index is 0.0202. The van der Waals surface area contributed by atoms with E-state index in [1.807, 2.05) is 6.92 Å². The van der Waals surface area contributed by atoms with Gasteiger partial charge in [-0.2, -0.15) is 0 Å². The lowest BCUT2D eigenvalue weighted by Gasteiger charge is -2.35. The first kappa shape index (κ1) is 20.6. The average Bonchev–Trinajstić information content (AvgIpc) is 2.56. The van der Waals surface area contributed by atoms with Crippen LogP contribution in [0.15, 0.2) is 0 Å². The molecule has 146 valence electrons. The van der Waals surface area contributed by atoms with E-state index in [-0.39, 0.29) is 61.7 Å². The number of ether oxygens (including phenoxy) is 1. The Hall–Kier alpha value is -1.76. The van der Waals surface area contributed by atoms with E-state index in [0.717, 1.165) is 11.3 Å². The summed E-state index contributed by atoms with van der Waals surface area (Å²) in [5.74, 6) is -1.40. The van der Waals surface area contributed by atoms with Gasteiger partial charge in [0.1, 0.15) is 5.78 Å². The van der Waals surface area contributed by atoms with Crippen LogP contribution < -0.4 is 0 Å². The minimum Gasteiger partial charge on any atom is -0.469 e. The highest BCUT2D eigenvalue weighted by Crippen LogP contribution is 2.35. The fourth-order valence-electron chi connectivity index (χ4n) is 4.23. The third-order valence-electron chi connectivity index (χ3n) is 5.60. The summed E-state index contributed by atoms with van der Waals surface area (Å²) >= 11 is 0. The van der Waals surface area contributed by atoms with Gasteiger partial charge in [0.2, 0.25) is 11.8 Å². The molecule has 0 aromatic heterocycles. The van der Waals surface area contributed by atoms with Crippen LogP contribution in [-0.2, 0) is 23.9 Å². The lowest BCUT2D eigenvalue weighted by molar-refractivity contribution is -0.151. The molecule has 1 unspecified atom stereocenters. The standard InChI is InChI=1S/C19H29NO6/c1-11-6-12(2)19(25)14(7-11)15(21)8-13-9-16(22)20(17(23)10-13)5-4-18(24)26-3/h11-15,21H,4-10H2,1-3H3/t11-,12-,14?,15+/m0/s1. The molecule has 4 atom stereocenters. The molecule has 26 heavy (non-hydrogen) atoms. The zero-order valence-corrected chi connectivity index (χ0v) is 15.8. The van der Waals surface area contributed by atoms with Crippen LogP contribution in [0.5, 0.6) is 0 Å². The highest BCUT2D eigenvalue weighted by molar-refractivity contribution is 5.98. The molecule has 0 aromatic rings. The van der Waals surface area contributed by atoms with Crippen molar-refractivity contribution in [2.24, 2.45) is 23.7 Å². The molecule has 2 aliphatic rings. The summed E-state index contributed by atoms with van der Waals surface area (Å²) in [6, 6.07) is 0. The highest BCUT2D eigenvalue weighted by Gasteiger charge is 2.39. The van der Waals surface area contributed by atoms with Gasteiger partial charge in [-0.3, -0.25) is 24.1 Å². The average molecular weight is 367 g/mol. The van der Waals surface area contributed by atoms with Crippen LogP contribution in [0.1, 0.15) is 52.4 Å². The summed E-state index contributed by atoms with van der Waals surface area (Å²) in [7, 11) is 1.26. The zero-order chi connectivity index (χ0) is 19.4. The van der Waals surface area contributed by atoms with Crippen LogP contribution in [0.2, 0.25) is 0 Å². The maximum atomic E-state index is 12.4. The molecule has 0 radical (unpaired) electrons. The van der Waals surface area contributed by atoms with Crippen molar-refractivity contribution in [3.63, 3.8) is 0 Å². The molecule has 1 heterocycles. The largest absolute Gasteiger partial charge is 0.469 e. The van der Waals surface area contributed by atoms with Crippen LogP contribution in [0.25, 0.3) is 0 Å². The number of Topliss-reactive ketones (excluding diaryl/α,β-unsaturated/α-hetero) is 1. The van der Waals surface area contributed by atoms with Crippen LogP contribution >= 0.6 is 0 Å². The maximum Gasteiger partial charge on any atom is 0.307 e. The van der Waals surface area contributed by atoms with Crippen LogP contribution in [0, 0.1) is 23.7 Å². The van der Waals surface area contributed by atoms with Gasteiger partial charge in [0.15, 0.2) is 0 Å². The second kappa shape index (κ2) is 8.75. The molecule has 1 N–H and O–H groups in total. The van der Waals surface area contributed by atoms with Crippen molar-refractivity contribution in [1.82, 2.24) is 4.90 Å². The Morgan fingerprint density at radius 3 is 2.38 bits per heavy atom. The number of methoxy groups -OCH3 is 1. The van der Waals surface area contributed by atoms with E-state index >= 15 is 0 Å². The molecule has 7 heteroatoms. The smallest absolute Gasteiger partial charge is 0.307 e. The second-order valence-corrected chi connectivity index (χ2v) is 7.83. The van der Waals surface area contributed by atoms with E-state index < -0.39 is 18.0 Å². The first-order valence-electron chi connectivity index (χ1n) is 9.34. The number of piperidine rings is 1. The van der Waals surface area contributed by atoms with Gasteiger partial charge in [0.25, 0.3) is 0 Å². The Bertz CT molecular complexity index is 556. The van der Waals surface area contributed by atoms with Gasteiger partial charge in [0.05, 0.1) is 19.6 Å². The van der Waals surface area contributed by atoms with Crippen molar-refractivity contribution in [2.45, 2.75) is 58.5 Å².